The fourth-order valence-corrected chi connectivity index (χ4v) is 1.90. The maximum atomic E-state index is 3.39. The van der Waals surface area contributed by atoms with Crippen LogP contribution in [-0.4, -0.2) is 9.97 Å². The minimum Gasteiger partial charge on any atom is -0.360 e. The average Bonchev–Trinajstić information content (AvgIpc) is 2.84. The van der Waals surface area contributed by atoms with E-state index in [0.29, 0.717) is 0 Å². The molecule has 0 spiro atoms. The highest BCUT2D eigenvalue weighted by atomic mass is 14.8. The molecule has 3 aromatic rings. The molecule has 2 heteroatoms. The molecule has 0 radical (unpaired) electrons. The summed E-state index contributed by atoms with van der Waals surface area (Å²) in [6.45, 7) is 2.11. The molecule has 1 aromatic carbocycles. The number of aryl methyl sites for hydroxylation is 1. The molecule has 2 heterocycles. The smallest absolute Gasteiger partial charge is 0.0630 e. The van der Waals surface area contributed by atoms with Crippen LogP contribution >= 0.6 is 0 Å². The Labute approximate surface area is 88.0 Å². The van der Waals surface area contributed by atoms with Gasteiger partial charge in [-0.05, 0) is 37.3 Å². The molecule has 0 aliphatic rings. The van der Waals surface area contributed by atoms with Gasteiger partial charge in [0.05, 0.1) is 11.4 Å². The van der Waals surface area contributed by atoms with Gasteiger partial charge in [-0.2, -0.15) is 0 Å². The first kappa shape index (κ1) is 8.36. The van der Waals surface area contributed by atoms with Crippen LogP contribution < -0.4 is 0 Å². The Hall–Kier alpha value is -1.96. The first-order valence-corrected chi connectivity index (χ1v) is 5.06. The molecular formula is C13H12N2. The van der Waals surface area contributed by atoms with Crippen molar-refractivity contribution in [2.45, 2.75) is 6.92 Å². The highest BCUT2D eigenvalue weighted by Crippen LogP contribution is 2.23. The van der Waals surface area contributed by atoms with Crippen LogP contribution in [0, 0.1) is 6.92 Å². The van der Waals surface area contributed by atoms with Gasteiger partial charge in [-0.3, -0.25) is 0 Å². The molecule has 0 aliphatic heterocycles. The van der Waals surface area contributed by atoms with E-state index in [-0.39, 0.29) is 0 Å². The van der Waals surface area contributed by atoms with E-state index >= 15 is 0 Å². The molecule has 0 amide bonds. The van der Waals surface area contributed by atoms with E-state index < -0.39 is 0 Å². The second-order valence-corrected chi connectivity index (χ2v) is 3.86. The third-order valence-electron chi connectivity index (χ3n) is 2.66. The van der Waals surface area contributed by atoms with Gasteiger partial charge >= 0.3 is 0 Å². The number of nitrogens with one attached hydrogen (secondary N) is 2. The molecule has 0 bridgehead atoms. The van der Waals surface area contributed by atoms with Crippen molar-refractivity contribution < 1.29 is 0 Å². The largest absolute Gasteiger partial charge is 0.360 e. The summed E-state index contributed by atoms with van der Waals surface area (Å²) < 4.78 is 0. The van der Waals surface area contributed by atoms with Crippen LogP contribution in [-0.2, 0) is 0 Å². The zero-order valence-electron chi connectivity index (χ0n) is 8.54. The predicted molar refractivity (Wildman–Crippen MR) is 62.8 cm³/mol. The van der Waals surface area contributed by atoms with Gasteiger partial charge in [-0.25, -0.2) is 0 Å². The summed E-state index contributed by atoms with van der Waals surface area (Å²) in [6.07, 6.45) is 1.94. The lowest BCUT2D eigenvalue weighted by Crippen LogP contribution is -1.74. The SMILES string of the molecule is Cc1ccc2[nH]c(-c3ccc[nH]3)cc2c1. The molecule has 2 N–H and O–H groups in total. The van der Waals surface area contributed by atoms with Gasteiger partial charge in [0.25, 0.3) is 0 Å². The van der Waals surface area contributed by atoms with Gasteiger partial charge in [-0.15, -0.1) is 0 Å². The molecule has 74 valence electrons. The number of benzene rings is 1. The van der Waals surface area contributed by atoms with Crippen molar-refractivity contribution in [1.82, 2.24) is 9.97 Å². The maximum absolute atomic E-state index is 3.39. The normalized spacial score (nSPS) is 11.0. The fraction of sp³-hybridized carbons (Fsp3) is 0.0769. The lowest BCUT2D eigenvalue weighted by atomic mass is 10.2. The first-order valence-electron chi connectivity index (χ1n) is 5.06. The van der Waals surface area contributed by atoms with Gasteiger partial charge in [0.2, 0.25) is 0 Å². The van der Waals surface area contributed by atoms with Crippen molar-refractivity contribution in [2.75, 3.05) is 0 Å². The van der Waals surface area contributed by atoms with E-state index in [1.165, 1.54) is 16.5 Å². The summed E-state index contributed by atoms with van der Waals surface area (Å²) in [7, 11) is 0. The van der Waals surface area contributed by atoms with Crippen LogP contribution in [0.15, 0.2) is 42.6 Å². The number of rotatable bonds is 1. The number of H-pyrrole nitrogens is 2. The maximum Gasteiger partial charge on any atom is 0.0630 e. The highest BCUT2D eigenvalue weighted by molar-refractivity contribution is 5.85. The Kier molecular flexibility index (Phi) is 1.68. The van der Waals surface area contributed by atoms with E-state index in [9.17, 15) is 0 Å². The molecule has 0 unspecified atom stereocenters. The third-order valence-corrected chi connectivity index (χ3v) is 2.66. The molecule has 15 heavy (non-hydrogen) atoms. The molecule has 2 nitrogen and oxygen atoms in total. The number of hydrogen-bond donors (Lipinski definition) is 2. The van der Waals surface area contributed by atoms with Crippen molar-refractivity contribution in [3.8, 4) is 11.4 Å². The van der Waals surface area contributed by atoms with Crippen LogP contribution in [0.3, 0.4) is 0 Å². The lowest BCUT2D eigenvalue weighted by molar-refractivity contribution is 1.35. The highest BCUT2D eigenvalue weighted by Gasteiger charge is 2.03. The topological polar surface area (TPSA) is 31.6 Å². The second-order valence-electron chi connectivity index (χ2n) is 3.86. The lowest BCUT2D eigenvalue weighted by Gasteiger charge is -1.91. The van der Waals surface area contributed by atoms with Crippen LogP contribution in [0.2, 0.25) is 0 Å². The number of aromatic nitrogens is 2. The Balaban J connectivity index is 2.22. The average molecular weight is 196 g/mol. The molecular weight excluding hydrogens is 184 g/mol. The van der Waals surface area contributed by atoms with Crippen LogP contribution in [0.5, 0.6) is 0 Å². The molecule has 0 fully saturated rings. The summed E-state index contributed by atoms with van der Waals surface area (Å²) in [6, 6.07) is 12.7. The number of hydrogen-bond acceptors (Lipinski definition) is 0. The predicted octanol–water partition coefficient (Wildman–Crippen LogP) is 3.47. The summed E-state index contributed by atoms with van der Waals surface area (Å²) in [5, 5.41) is 1.26. The summed E-state index contributed by atoms with van der Waals surface area (Å²) >= 11 is 0. The fourth-order valence-electron chi connectivity index (χ4n) is 1.90. The van der Waals surface area contributed by atoms with Crippen LogP contribution in [0.25, 0.3) is 22.3 Å². The molecule has 0 atom stereocenters. The van der Waals surface area contributed by atoms with E-state index in [1.54, 1.807) is 0 Å². The van der Waals surface area contributed by atoms with E-state index in [1.807, 2.05) is 12.3 Å². The monoisotopic (exact) mass is 196 g/mol. The minimum absolute atomic E-state index is 1.13. The van der Waals surface area contributed by atoms with E-state index in [4.69, 9.17) is 0 Å². The van der Waals surface area contributed by atoms with Crippen molar-refractivity contribution in [3.63, 3.8) is 0 Å². The minimum atomic E-state index is 1.13. The number of fused-ring (bicyclic) bond motifs is 1. The van der Waals surface area contributed by atoms with Gasteiger partial charge in [0.15, 0.2) is 0 Å². The quantitative estimate of drug-likeness (QED) is 0.597. The third kappa shape index (κ3) is 1.34. The Bertz CT molecular complexity index is 588. The zero-order chi connectivity index (χ0) is 10.3. The van der Waals surface area contributed by atoms with Crippen LogP contribution in [0.1, 0.15) is 5.56 Å². The molecule has 0 aliphatic carbocycles. The Morgan fingerprint density at radius 1 is 1.00 bits per heavy atom. The van der Waals surface area contributed by atoms with Crippen LogP contribution in [0.4, 0.5) is 0 Å². The van der Waals surface area contributed by atoms with Gasteiger partial charge in [-0.1, -0.05) is 11.6 Å². The molecule has 3 rings (SSSR count). The Morgan fingerprint density at radius 3 is 2.73 bits per heavy atom. The summed E-state index contributed by atoms with van der Waals surface area (Å²) in [5.41, 5.74) is 4.74. The zero-order valence-corrected chi connectivity index (χ0v) is 8.54. The van der Waals surface area contributed by atoms with Gasteiger partial charge < -0.3 is 9.97 Å². The van der Waals surface area contributed by atoms with Crippen molar-refractivity contribution in [1.29, 1.82) is 0 Å². The molecule has 2 aromatic heterocycles. The van der Waals surface area contributed by atoms with E-state index in [0.717, 1.165) is 11.4 Å². The van der Waals surface area contributed by atoms with Gasteiger partial charge in [0.1, 0.15) is 0 Å². The summed E-state index contributed by atoms with van der Waals surface area (Å²) in [4.78, 5) is 6.59. The summed E-state index contributed by atoms with van der Waals surface area (Å²) in [5.74, 6) is 0. The second kappa shape index (κ2) is 3.02. The Morgan fingerprint density at radius 2 is 1.93 bits per heavy atom. The van der Waals surface area contributed by atoms with Crippen molar-refractivity contribution in [3.05, 3.63) is 48.2 Å². The molecule has 0 saturated carbocycles. The molecule has 0 saturated heterocycles. The first-order chi connectivity index (χ1) is 7.33. The van der Waals surface area contributed by atoms with E-state index in [2.05, 4.69) is 47.2 Å². The van der Waals surface area contributed by atoms with Gasteiger partial charge in [0, 0.05) is 17.1 Å². The standard InChI is InChI=1S/C13H12N2/c1-9-4-5-11-10(7-9)8-13(15-11)12-3-2-6-14-12/h2-8,14-15H,1H3. The van der Waals surface area contributed by atoms with Crippen molar-refractivity contribution in [2.24, 2.45) is 0 Å². The van der Waals surface area contributed by atoms with Crippen molar-refractivity contribution >= 4 is 10.9 Å². The number of aromatic amines is 2.